The topological polar surface area (TPSA) is 171 Å². The Balaban J connectivity index is 1.63. The summed E-state index contributed by atoms with van der Waals surface area (Å²) >= 11 is 0. The highest BCUT2D eigenvalue weighted by Gasteiger charge is 2.49. The average molecular weight is 729 g/mol. The van der Waals surface area contributed by atoms with Crippen molar-refractivity contribution in [1.29, 1.82) is 0 Å². The van der Waals surface area contributed by atoms with Gasteiger partial charge >= 0.3 is 13.7 Å². The number of aliphatic hydroxyl groups excluding tert-OH is 1. The molecule has 0 aliphatic carbocycles. The molecular weight excluding hydrogens is 679 g/mol. The first kappa shape index (κ1) is 39.0. The molecule has 0 aromatic heterocycles. The molecule has 2 aromatic carbocycles. The molecule has 0 radical (unpaired) electrons. The predicted molar refractivity (Wildman–Crippen MR) is 180 cm³/mol. The molecular formula is C33H49N2O12PS. The van der Waals surface area contributed by atoms with Crippen LogP contribution in [0.1, 0.15) is 39.7 Å². The summed E-state index contributed by atoms with van der Waals surface area (Å²) in [5, 5.41) is 22.5. The Labute approximate surface area is 288 Å². The van der Waals surface area contributed by atoms with E-state index in [9.17, 15) is 28.0 Å². The average Bonchev–Trinajstić information content (AvgIpc) is 3.69. The van der Waals surface area contributed by atoms with Gasteiger partial charge in [-0.3, -0.25) is 9.46 Å². The Kier molecular flexibility index (Phi) is 13.9. The Morgan fingerprint density at radius 1 is 1.00 bits per heavy atom. The molecule has 0 spiro atoms. The number of carbonyl (C=O) groups is 1. The zero-order valence-corrected chi connectivity index (χ0v) is 30.4. The summed E-state index contributed by atoms with van der Waals surface area (Å²) in [4.78, 5) is 14.2. The minimum atomic E-state index is -4.09. The minimum Gasteiger partial charge on any atom is -0.497 e. The van der Waals surface area contributed by atoms with Gasteiger partial charge in [0.15, 0.2) is 12.6 Å². The van der Waals surface area contributed by atoms with E-state index in [1.807, 2.05) is 13.8 Å². The number of nitrogens with zero attached hydrogens (tertiary/aromatic N) is 2. The Morgan fingerprint density at radius 2 is 1.63 bits per heavy atom. The van der Waals surface area contributed by atoms with Gasteiger partial charge in [-0.1, -0.05) is 26.0 Å². The summed E-state index contributed by atoms with van der Waals surface area (Å²) in [5.41, 5.74) is 0.659. The van der Waals surface area contributed by atoms with Gasteiger partial charge in [-0.05, 0) is 74.6 Å². The second kappa shape index (κ2) is 17.5. The largest absolute Gasteiger partial charge is 0.497 e. The fourth-order valence-electron chi connectivity index (χ4n) is 6.21. The van der Waals surface area contributed by atoms with Crippen LogP contribution in [-0.2, 0) is 39.5 Å². The maximum atomic E-state index is 13.9. The highest BCUT2D eigenvalue weighted by atomic mass is 32.2. The van der Waals surface area contributed by atoms with Crippen LogP contribution in [0.25, 0.3) is 0 Å². The highest BCUT2D eigenvalue weighted by Crippen LogP contribution is 2.48. The van der Waals surface area contributed by atoms with Crippen LogP contribution < -0.4 is 9.47 Å². The van der Waals surface area contributed by atoms with Crippen LogP contribution in [-0.4, -0.2) is 111 Å². The molecule has 0 saturated carbocycles. The number of hydrogen-bond acceptors (Lipinski definition) is 11. The van der Waals surface area contributed by atoms with E-state index in [4.69, 9.17) is 28.0 Å². The van der Waals surface area contributed by atoms with Gasteiger partial charge < -0.3 is 38.2 Å². The van der Waals surface area contributed by atoms with Crippen molar-refractivity contribution in [2.45, 2.75) is 69.9 Å². The molecule has 2 aliphatic heterocycles. The van der Waals surface area contributed by atoms with Gasteiger partial charge in [0.1, 0.15) is 11.5 Å². The van der Waals surface area contributed by atoms with Crippen LogP contribution >= 0.6 is 7.60 Å². The van der Waals surface area contributed by atoms with E-state index in [2.05, 4.69) is 0 Å². The van der Waals surface area contributed by atoms with Crippen LogP contribution in [0.4, 0.5) is 4.79 Å². The van der Waals surface area contributed by atoms with Crippen molar-refractivity contribution in [1.82, 2.24) is 9.21 Å². The van der Waals surface area contributed by atoms with Crippen molar-refractivity contribution in [2.75, 3.05) is 53.0 Å². The summed E-state index contributed by atoms with van der Waals surface area (Å²) < 4.78 is 74.7. The summed E-state index contributed by atoms with van der Waals surface area (Å²) in [6.07, 6.45) is -2.88. The van der Waals surface area contributed by atoms with E-state index in [1.54, 1.807) is 50.2 Å². The fraction of sp³-hybridized carbons (Fsp3) is 0.606. The van der Waals surface area contributed by atoms with E-state index in [-0.39, 0.29) is 62.4 Å². The molecule has 2 fully saturated rings. The predicted octanol–water partition coefficient (Wildman–Crippen LogP) is 4.66. The number of amides is 1. The lowest BCUT2D eigenvalue weighted by Gasteiger charge is -2.39. The third kappa shape index (κ3) is 9.95. The molecule has 2 heterocycles. The van der Waals surface area contributed by atoms with Crippen LogP contribution in [0.3, 0.4) is 0 Å². The monoisotopic (exact) mass is 728 g/mol. The second-order valence-corrected chi connectivity index (χ2v) is 16.3. The van der Waals surface area contributed by atoms with Gasteiger partial charge in [0.25, 0.3) is 0 Å². The van der Waals surface area contributed by atoms with Gasteiger partial charge in [-0.2, -0.15) is 4.31 Å². The molecule has 5 atom stereocenters. The third-order valence-electron chi connectivity index (χ3n) is 8.45. The van der Waals surface area contributed by atoms with Gasteiger partial charge in [0, 0.05) is 19.0 Å². The molecule has 2 N–H and O–H groups in total. The zero-order valence-electron chi connectivity index (χ0n) is 28.7. The number of fused-ring (bicyclic) bond motifs is 1. The molecule has 49 heavy (non-hydrogen) atoms. The Morgan fingerprint density at radius 3 is 2.20 bits per heavy atom. The number of methoxy groups -OCH3 is 1. The molecule has 4 rings (SSSR count). The first-order chi connectivity index (χ1) is 23.3. The molecule has 14 nitrogen and oxygen atoms in total. The number of rotatable bonds is 19. The van der Waals surface area contributed by atoms with Crippen molar-refractivity contribution in [3.63, 3.8) is 0 Å². The van der Waals surface area contributed by atoms with Gasteiger partial charge in [-0.15, -0.1) is 0 Å². The summed E-state index contributed by atoms with van der Waals surface area (Å²) in [6.45, 7) is 7.78. The first-order valence-electron chi connectivity index (χ1n) is 16.5. The lowest BCUT2D eigenvalue weighted by molar-refractivity contribution is -0.0906. The van der Waals surface area contributed by atoms with Crippen LogP contribution in [0.5, 0.6) is 11.5 Å². The fourth-order valence-corrected chi connectivity index (χ4v) is 9.14. The Bertz CT molecular complexity index is 1500. The zero-order chi connectivity index (χ0) is 35.8. The summed E-state index contributed by atoms with van der Waals surface area (Å²) in [6, 6.07) is 11.0. The molecule has 1 amide bonds. The van der Waals surface area contributed by atoms with E-state index in [0.717, 1.165) is 0 Å². The summed E-state index contributed by atoms with van der Waals surface area (Å²) in [7, 11) is -6.05. The number of benzene rings is 2. The second-order valence-electron chi connectivity index (χ2n) is 12.4. The number of sulfonamides is 1. The number of aliphatic hydroxyl groups is 1. The normalized spacial score (nSPS) is 20.7. The van der Waals surface area contributed by atoms with E-state index < -0.39 is 48.2 Å². The van der Waals surface area contributed by atoms with Crippen LogP contribution in [0.2, 0.25) is 0 Å². The molecule has 2 saturated heterocycles. The lowest BCUT2D eigenvalue weighted by atomic mass is 9.93. The number of carboxylic acid groups (broad SMARTS) is 1. The quantitative estimate of drug-likeness (QED) is 0.192. The van der Waals surface area contributed by atoms with Crippen molar-refractivity contribution in [3.8, 4) is 11.5 Å². The third-order valence-corrected chi connectivity index (χ3v) is 12.0. The van der Waals surface area contributed by atoms with Crippen molar-refractivity contribution in [3.05, 3.63) is 54.1 Å². The van der Waals surface area contributed by atoms with Crippen molar-refractivity contribution >= 4 is 23.7 Å². The van der Waals surface area contributed by atoms with Gasteiger partial charge in [-0.25, -0.2) is 13.2 Å². The minimum absolute atomic E-state index is 0.0248. The maximum Gasteiger partial charge on any atom is 0.407 e. The van der Waals surface area contributed by atoms with E-state index >= 15 is 0 Å². The smallest absolute Gasteiger partial charge is 0.407 e. The van der Waals surface area contributed by atoms with Crippen molar-refractivity contribution in [2.24, 2.45) is 11.8 Å². The molecule has 2 aliphatic rings. The first-order valence-corrected chi connectivity index (χ1v) is 19.6. The molecule has 1 unspecified atom stereocenters. The Hall–Kier alpha value is -2.75. The molecule has 0 bridgehead atoms. The standard InChI is InChI=1S/C33H49N2O12PS/c1-6-46-48(39,47-7-2)22-45-26-10-8-24(9-11-26)18-29(35(33(37)38)30-21-44-32-28(30)16-17-43-32)31(36)20-34(19-23(3)4)49(40,41)27-14-12-25(42-5)13-15-27/h8-15,23,28-32,36H,6-7,16-22H2,1-5H3,(H,37,38)/t28-,29+,30?,31+,32+/m0/s1. The van der Waals surface area contributed by atoms with Crippen molar-refractivity contribution < 1.29 is 56.0 Å². The molecule has 16 heteroatoms. The molecule has 274 valence electrons. The number of ether oxygens (including phenoxy) is 4. The van der Waals surface area contributed by atoms with Gasteiger partial charge in [0.05, 0.1) is 56.6 Å². The van der Waals surface area contributed by atoms with E-state index in [0.29, 0.717) is 30.1 Å². The molecule has 2 aromatic rings. The lowest BCUT2D eigenvalue weighted by Crippen LogP contribution is -2.57. The van der Waals surface area contributed by atoms with Gasteiger partial charge in [0.2, 0.25) is 10.0 Å². The highest BCUT2D eigenvalue weighted by molar-refractivity contribution is 7.89. The van der Waals surface area contributed by atoms with E-state index in [1.165, 1.54) is 28.4 Å². The van der Waals surface area contributed by atoms with Crippen LogP contribution in [0, 0.1) is 11.8 Å². The maximum absolute atomic E-state index is 13.9. The number of hydrogen-bond donors (Lipinski definition) is 2. The summed E-state index contributed by atoms with van der Waals surface area (Å²) in [5.74, 6) is 0.554. The van der Waals surface area contributed by atoms with Crippen LogP contribution in [0.15, 0.2) is 53.4 Å². The SMILES string of the molecule is CCOP(=O)(COc1ccc(C[C@H]([C@H](O)CN(CC(C)C)S(=O)(=O)c2ccc(OC)cc2)N(C(=O)O)C2CO[C@H]3OCC[C@@H]23)cc1)OCC.